The van der Waals surface area contributed by atoms with E-state index in [-0.39, 0.29) is 42.6 Å². The highest BCUT2D eigenvalue weighted by atomic mass is 32.2. The van der Waals surface area contributed by atoms with Crippen LogP contribution in [0, 0.1) is 10.1 Å². The number of rotatable bonds is 7. The Balaban J connectivity index is 1.66. The molecule has 2 heterocycles. The van der Waals surface area contributed by atoms with Crippen LogP contribution in [-0.4, -0.2) is 55.1 Å². The number of hydrogen-bond acceptors (Lipinski definition) is 7. The van der Waals surface area contributed by atoms with Gasteiger partial charge < -0.3 is 9.72 Å². The van der Waals surface area contributed by atoms with E-state index in [0.29, 0.717) is 0 Å². The summed E-state index contributed by atoms with van der Waals surface area (Å²) >= 11 is 0. The monoisotopic (exact) mass is 457 g/mol. The SMILES string of the molecule is CCc1cccc2c(C=NNc3ccc([N+](=O)[O-])cc3S(=O)(=O)N3CCOCC3)c[nH]c12. The van der Waals surface area contributed by atoms with Crippen molar-refractivity contribution in [2.24, 2.45) is 5.10 Å². The molecule has 168 valence electrons. The summed E-state index contributed by atoms with van der Waals surface area (Å²) in [5.74, 6) is 0. The molecule has 10 nitrogen and oxygen atoms in total. The van der Waals surface area contributed by atoms with Crippen LogP contribution in [0.1, 0.15) is 18.1 Å². The van der Waals surface area contributed by atoms with Gasteiger partial charge in [0, 0.05) is 47.9 Å². The third-order valence-electron chi connectivity index (χ3n) is 5.37. The normalized spacial score (nSPS) is 15.4. The molecule has 1 fully saturated rings. The predicted molar refractivity (Wildman–Crippen MR) is 122 cm³/mol. The lowest BCUT2D eigenvalue weighted by molar-refractivity contribution is -0.385. The number of sulfonamides is 1. The average molecular weight is 458 g/mol. The molecular formula is C21H23N5O5S. The highest BCUT2D eigenvalue weighted by Crippen LogP contribution is 2.29. The van der Waals surface area contributed by atoms with E-state index in [1.165, 1.54) is 22.0 Å². The van der Waals surface area contributed by atoms with E-state index in [0.717, 1.165) is 29.0 Å². The number of hydrazone groups is 1. The lowest BCUT2D eigenvalue weighted by atomic mass is 10.1. The Bertz CT molecular complexity index is 1280. The summed E-state index contributed by atoms with van der Waals surface area (Å²) in [6, 6.07) is 9.66. The van der Waals surface area contributed by atoms with E-state index in [1.807, 2.05) is 18.3 Å². The number of non-ortho nitro benzene ring substituents is 1. The first-order valence-electron chi connectivity index (χ1n) is 10.2. The van der Waals surface area contributed by atoms with Crippen molar-refractivity contribution in [3.63, 3.8) is 0 Å². The number of ether oxygens (including phenoxy) is 1. The van der Waals surface area contributed by atoms with E-state index >= 15 is 0 Å². The number of fused-ring (bicyclic) bond motifs is 1. The third kappa shape index (κ3) is 4.22. The molecule has 0 radical (unpaired) electrons. The van der Waals surface area contributed by atoms with Gasteiger partial charge in [0.2, 0.25) is 10.0 Å². The fourth-order valence-electron chi connectivity index (χ4n) is 3.67. The Hall–Kier alpha value is -3.28. The van der Waals surface area contributed by atoms with Crippen LogP contribution in [0.25, 0.3) is 10.9 Å². The summed E-state index contributed by atoms with van der Waals surface area (Å²) in [4.78, 5) is 13.7. The van der Waals surface area contributed by atoms with Crippen LogP contribution in [-0.2, 0) is 21.2 Å². The second-order valence-corrected chi connectivity index (χ2v) is 9.17. The van der Waals surface area contributed by atoms with E-state index in [2.05, 4.69) is 28.5 Å². The Labute approximate surface area is 185 Å². The zero-order valence-corrected chi connectivity index (χ0v) is 18.3. The van der Waals surface area contributed by atoms with Gasteiger partial charge in [-0.05, 0) is 18.1 Å². The first-order chi connectivity index (χ1) is 15.4. The lowest BCUT2D eigenvalue weighted by Crippen LogP contribution is -2.40. The minimum atomic E-state index is -3.97. The molecule has 2 N–H and O–H groups in total. The second kappa shape index (κ2) is 9.07. The summed E-state index contributed by atoms with van der Waals surface area (Å²) < 4.78 is 32.8. The van der Waals surface area contributed by atoms with Crippen molar-refractivity contribution in [3.05, 3.63) is 63.8 Å². The van der Waals surface area contributed by atoms with Crippen molar-refractivity contribution in [2.45, 2.75) is 18.2 Å². The molecule has 0 saturated carbocycles. The van der Waals surface area contributed by atoms with E-state index in [1.54, 1.807) is 6.21 Å². The van der Waals surface area contributed by atoms with Gasteiger partial charge in [0.1, 0.15) is 4.90 Å². The summed E-state index contributed by atoms with van der Waals surface area (Å²) in [5, 5.41) is 16.4. The topological polar surface area (TPSA) is 130 Å². The third-order valence-corrected chi connectivity index (χ3v) is 7.31. The molecule has 1 saturated heterocycles. The first kappa shape index (κ1) is 21.9. The molecule has 0 bridgehead atoms. The van der Waals surface area contributed by atoms with Crippen molar-refractivity contribution in [1.29, 1.82) is 0 Å². The van der Waals surface area contributed by atoms with Crippen molar-refractivity contribution < 1.29 is 18.1 Å². The summed E-state index contributed by atoms with van der Waals surface area (Å²) in [7, 11) is -3.97. The molecule has 3 aromatic rings. The number of morpholine rings is 1. The van der Waals surface area contributed by atoms with Crippen molar-refractivity contribution in [2.75, 3.05) is 31.7 Å². The number of aryl methyl sites for hydroxylation is 1. The predicted octanol–water partition coefficient (Wildman–Crippen LogP) is 3.11. The van der Waals surface area contributed by atoms with Crippen LogP contribution in [0.15, 0.2) is 52.6 Å². The number of aromatic amines is 1. The molecule has 11 heteroatoms. The number of aromatic nitrogens is 1. The number of H-pyrrole nitrogens is 1. The van der Waals surface area contributed by atoms with Gasteiger partial charge in [0.05, 0.1) is 30.0 Å². The van der Waals surface area contributed by atoms with Crippen molar-refractivity contribution in [3.8, 4) is 0 Å². The van der Waals surface area contributed by atoms with Crippen LogP contribution < -0.4 is 5.43 Å². The maximum Gasteiger partial charge on any atom is 0.270 e. The molecule has 0 spiro atoms. The van der Waals surface area contributed by atoms with Gasteiger partial charge in [-0.25, -0.2) is 8.42 Å². The number of nitrogens with one attached hydrogen (secondary N) is 2. The number of nitrogens with zero attached hydrogens (tertiary/aromatic N) is 3. The van der Waals surface area contributed by atoms with Gasteiger partial charge in [-0.3, -0.25) is 15.5 Å². The fraction of sp³-hybridized carbons (Fsp3) is 0.286. The molecular weight excluding hydrogens is 434 g/mol. The number of benzene rings is 2. The Morgan fingerprint density at radius 1 is 1.28 bits per heavy atom. The second-order valence-electron chi connectivity index (χ2n) is 7.26. The van der Waals surface area contributed by atoms with Crippen LogP contribution >= 0.6 is 0 Å². The maximum absolute atomic E-state index is 13.2. The summed E-state index contributed by atoms with van der Waals surface area (Å²) in [6.07, 6.45) is 4.30. The average Bonchev–Trinajstić information content (AvgIpc) is 3.23. The lowest BCUT2D eigenvalue weighted by Gasteiger charge is -2.26. The van der Waals surface area contributed by atoms with E-state index in [4.69, 9.17) is 4.74 Å². The number of hydrogen-bond donors (Lipinski definition) is 2. The Morgan fingerprint density at radius 3 is 2.78 bits per heavy atom. The molecule has 0 unspecified atom stereocenters. The highest BCUT2D eigenvalue weighted by molar-refractivity contribution is 7.89. The van der Waals surface area contributed by atoms with Gasteiger partial charge in [-0.1, -0.05) is 25.1 Å². The molecule has 0 atom stereocenters. The smallest absolute Gasteiger partial charge is 0.270 e. The molecule has 2 aromatic carbocycles. The van der Waals surface area contributed by atoms with Crippen molar-refractivity contribution in [1.82, 2.24) is 9.29 Å². The maximum atomic E-state index is 13.2. The number of anilines is 1. The van der Waals surface area contributed by atoms with Gasteiger partial charge in [-0.2, -0.15) is 9.41 Å². The standard InChI is InChI=1S/C21H23N5O5S/c1-2-15-4-3-5-18-16(13-22-21(15)18)14-23-24-19-7-6-17(26(27)28)12-20(19)32(29,30)25-8-10-31-11-9-25/h3-7,12-14,22,24H,2,8-11H2,1H3. The summed E-state index contributed by atoms with van der Waals surface area (Å²) in [6.45, 7) is 2.99. The van der Waals surface area contributed by atoms with Gasteiger partial charge >= 0.3 is 0 Å². The number of para-hydroxylation sites is 1. The molecule has 1 aliphatic rings. The Kier molecular flexibility index (Phi) is 6.21. The number of nitro groups is 1. The highest BCUT2D eigenvalue weighted by Gasteiger charge is 2.30. The van der Waals surface area contributed by atoms with Crippen LogP contribution in [0.2, 0.25) is 0 Å². The number of nitro benzene ring substituents is 1. The molecule has 1 aromatic heterocycles. The molecule has 1 aliphatic heterocycles. The van der Waals surface area contributed by atoms with Crippen LogP contribution in [0.4, 0.5) is 11.4 Å². The molecule has 0 amide bonds. The molecule has 4 rings (SSSR count). The van der Waals surface area contributed by atoms with Crippen LogP contribution in [0.5, 0.6) is 0 Å². The van der Waals surface area contributed by atoms with Crippen LogP contribution in [0.3, 0.4) is 0 Å². The first-order valence-corrected chi connectivity index (χ1v) is 11.6. The minimum absolute atomic E-state index is 0.160. The van der Waals surface area contributed by atoms with Gasteiger partial charge in [-0.15, -0.1) is 0 Å². The summed E-state index contributed by atoms with van der Waals surface area (Å²) in [5.41, 5.74) is 5.65. The van der Waals surface area contributed by atoms with Gasteiger partial charge in [0.25, 0.3) is 5.69 Å². The van der Waals surface area contributed by atoms with Crippen molar-refractivity contribution >= 4 is 38.5 Å². The molecule has 0 aliphatic carbocycles. The fourth-order valence-corrected chi connectivity index (χ4v) is 5.24. The zero-order chi connectivity index (χ0) is 22.7. The minimum Gasteiger partial charge on any atom is -0.379 e. The van der Waals surface area contributed by atoms with Gasteiger partial charge in [0.15, 0.2) is 0 Å². The molecule has 32 heavy (non-hydrogen) atoms. The quantitative estimate of drug-likeness (QED) is 0.319. The largest absolute Gasteiger partial charge is 0.379 e. The van der Waals surface area contributed by atoms with E-state index in [9.17, 15) is 18.5 Å². The van der Waals surface area contributed by atoms with E-state index < -0.39 is 14.9 Å². The zero-order valence-electron chi connectivity index (χ0n) is 17.4. The Morgan fingerprint density at radius 2 is 2.06 bits per heavy atom.